The van der Waals surface area contributed by atoms with Crippen LogP contribution in [-0.4, -0.2) is 39.4 Å². The van der Waals surface area contributed by atoms with Gasteiger partial charge in [-0.3, -0.25) is 14.8 Å². The number of nitrogens with zero attached hydrogens (tertiary/aromatic N) is 5. The zero-order chi connectivity index (χ0) is 18.2. The zero-order valence-corrected chi connectivity index (χ0v) is 14.5. The van der Waals surface area contributed by atoms with Gasteiger partial charge < -0.3 is 10.2 Å². The first kappa shape index (κ1) is 17.5. The number of amides is 1. The molecule has 7 nitrogen and oxygen atoms in total. The summed E-state index contributed by atoms with van der Waals surface area (Å²) in [6.45, 7) is 1.23. The summed E-state index contributed by atoms with van der Waals surface area (Å²) in [5.74, 6) is 0.477. The summed E-state index contributed by atoms with van der Waals surface area (Å²) in [5, 5.41) is 2.82. The number of rotatable bonds is 7. The first-order valence-electron chi connectivity index (χ1n) is 8.31. The largest absolute Gasteiger partial charge is 0.358 e. The Bertz CT molecular complexity index is 824. The van der Waals surface area contributed by atoms with Crippen LogP contribution in [0.2, 0.25) is 0 Å². The molecule has 3 rings (SSSR count). The fraction of sp³-hybridized carbons (Fsp3) is 0.211. The number of pyridine rings is 2. The maximum absolute atomic E-state index is 12.2. The first-order valence-corrected chi connectivity index (χ1v) is 8.31. The molecule has 0 radical (unpaired) electrons. The SMILES string of the molecule is CN(CCc1ccncc1)c1cnc(C(=O)NCc2ccncc2)cn1. The van der Waals surface area contributed by atoms with Crippen molar-refractivity contribution in [1.82, 2.24) is 25.3 Å². The van der Waals surface area contributed by atoms with E-state index in [1.165, 1.54) is 11.8 Å². The van der Waals surface area contributed by atoms with Crippen molar-refractivity contribution in [2.75, 3.05) is 18.5 Å². The fourth-order valence-corrected chi connectivity index (χ4v) is 2.37. The molecule has 132 valence electrons. The molecule has 0 saturated carbocycles. The number of carbonyl (C=O) groups is 1. The third kappa shape index (κ3) is 4.83. The fourth-order valence-electron chi connectivity index (χ4n) is 2.37. The van der Waals surface area contributed by atoms with Gasteiger partial charge in [-0.2, -0.15) is 0 Å². The molecule has 3 aromatic heterocycles. The Hall–Kier alpha value is -3.35. The minimum atomic E-state index is -0.250. The second-order valence-electron chi connectivity index (χ2n) is 5.82. The normalized spacial score (nSPS) is 10.3. The molecule has 0 bridgehead atoms. The molecular weight excluding hydrogens is 328 g/mol. The topological polar surface area (TPSA) is 83.9 Å². The predicted molar refractivity (Wildman–Crippen MR) is 98.7 cm³/mol. The van der Waals surface area contributed by atoms with Gasteiger partial charge in [-0.1, -0.05) is 0 Å². The van der Waals surface area contributed by atoms with Crippen LogP contribution in [0.3, 0.4) is 0 Å². The lowest BCUT2D eigenvalue weighted by Crippen LogP contribution is -2.25. The van der Waals surface area contributed by atoms with Crippen molar-refractivity contribution in [3.63, 3.8) is 0 Å². The number of hydrogen-bond acceptors (Lipinski definition) is 6. The van der Waals surface area contributed by atoms with E-state index in [0.29, 0.717) is 12.2 Å². The summed E-state index contributed by atoms with van der Waals surface area (Å²) >= 11 is 0. The van der Waals surface area contributed by atoms with Crippen LogP contribution in [0.25, 0.3) is 0 Å². The van der Waals surface area contributed by atoms with Crippen molar-refractivity contribution in [1.29, 1.82) is 0 Å². The van der Waals surface area contributed by atoms with Crippen LogP contribution in [0.4, 0.5) is 5.82 Å². The van der Waals surface area contributed by atoms with Crippen molar-refractivity contribution in [2.24, 2.45) is 0 Å². The van der Waals surface area contributed by atoms with Crippen LogP contribution >= 0.6 is 0 Å². The smallest absolute Gasteiger partial charge is 0.271 e. The van der Waals surface area contributed by atoms with E-state index in [1.54, 1.807) is 31.0 Å². The second kappa shape index (κ2) is 8.66. The van der Waals surface area contributed by atoms with Crippen LogP contribution in [0.15, 0.2) is 61.4 Å². The highest BCUT2D eigenvalue weighted by atomic mass is 16.1. The summed E-state index contributed by atoms with van der Waals surface area (Å²) < 4.78 is 0. The van der Waals surface area contributed by atoms with E-state index in [4.69, 9.17) is 0 Å². The van der Waals surface area contributed by atoms with E-state index in [9.17, 15) is 4.79 Å². The molecule has 0 aliphatic rings. The van der Waals surface area contributed by atoms with Crippen molar-refractivity contribution >= 4 is 11.7 Å². The quantitative estimate of drug-likeness (QED) is 0.702. The van der Waals surface area contributed by atoms with Gasteiger partial charge in [0.15, 0.2) is 0 Å². The minimum Gasteiger partial charge on any atom is -0.358 e. The van der Waals surface area contributed by atoms with Crippen LogP contribution in [0.1, 0.15) is 21.6 Å². The average molecular weight is 348 g/mol. The molecule has 0 spiro atoms. The summed E-state index contributed by atoms with van der Waals surface area (Å²) in [7, 11) is 1.95. The summed E-state index contributed by atoms with van der Waals surface area (Å²) in [6.07, 6.45) is 11.0. The van der Waals surface area contributed by atoms with Gasteiger partial charge in [-0.25, -0.2) is 9.97 Å². The highest BCUT2D eigenvalue weighted by Gasteiger charge is 2.09. The van der Waals surface area contributed by atoms with Gasteiger partial charge in [-0.15, -0.1) is 0 Å². The Balaban J connectivity index is 1.53. The molecule has 0 atom stereocenters. The van der Waals surface area contributed by atoms with Gasteiger partial charge in [0.1, 0.15) is 11.5 Å². The molecule has 0 aliphatic heterocycles. The maximum atomic E-state index is 12.2. The zero-order valence-electron chi connectivity index (χ0n) is 14.5. The molecule has 1 amide bonds. The van der Waals surface area contributed by atoms with Crippen molar-refractivity contribution in [3.8, 4) is 0 Å². The highest BCUT2D eigenvalue weighted by molar-refractivity contribution is 5.91. The van der Waals surface area contributed by atoms with E-state index in [-0.39, 0.29) is 5.91 Å². The number of carbonyl (C=O) groups excluding carboxylic acids is 1. The van der Waals surface area contributed by atoms with Crippen LogP contribution in [0, 0.1) is 0 Å². The molecule has 0 unspecified atom stereocenters. The Morgan fingerprint density at radius 3 is 2.23 bits per heavy atom. The molecule has 0 aromatic carbocycles. The lowest BCUT2D eigenvalue weighted by molar-refractivity contribution is 0.0945. The van der Waals surface area contributed by atoms with Gasteiger partial charge >= 0.3 is 0 Å². The summed E-state index contributed by atoms with van der Waals surface area (Å²) in [5.41, 5.74) is 2.49. The van der Waals surface area contributed by atoms with Gasteiger partial charge in [0.05, 0.1) is 12.4 Å². The molecule has 0 aliphatic carbocycles. The Labute approximate surface area is 152 Å². The Kier molecular flexibility index (Phi) is 5.82. The van der Waals surface area contributed by atoms with Crippen LogP contribution < -0.4 is 10.2 Å². The third-order valence-corrected chi connectivity index (χ3v) is 3.95. The number of aromatic nitrogens is 4. The molecule has 26 heavy (non-hydrogen) atoms. The standard InChI is InChI=1S/C19H20N6O/c1-25(11-6-15-2-7-20-8-3-15)18-14-22-17(13-23-18)19(26)24-12-16-4-9-21-10-5-16/h2-5,7-10,13-14H,6,11-12H2,1H3,(H,24,26). The molecule has 7 heteroatoms. The molecule has 0 saturated heterocycles. The van der Waals surface area contributed by atoms with Crippen molar-refractivity contribution < 1.29 is 4.79 Å². The highest BCUT2D eigenvalue weighted by Crippen LogP contribution is 2.09. The monoisotopic (exact) mass is 348 g/mol. The van der Waals surface area contributed by atoms with Gasteiger partial charge in [-0.05, 0) is 41.8 Å². The summed E-state index contributed by atoms with van der Waals surface area (Å²) in [4.78, 5) is 30.7. The number of likely N-dealkylation sites (N-methyl/N-ethyl adjacent to an activating group) is 1. The lowest BCUT2D eigenvalue weighted by atomic mass is 10.2. The van der Waals surface area contributed by atoms with E-state index < -0.39 is 0 Å². The van der Waals surface area contributed by atoms with Crippen molar-refractivity contribution in [2.45, 2.75) is 13.0 Å². The lowest BCUT2D eigenvalue weighted by Gasteiger charge is -2.17. The average Bonchev–Trinajstić information content (AvgIpc) is 2.72. The summed E-state index contributed by atoms with van der Waals surface area (Å²) in [6, 6.07) is 7.70. The molecular formula is C19H20N6O. The molecule has 1 N–H and O–H groups in total. The third-order valence-electron chi connectivity index (χ3n) is 3.95. The number of anilines is 1. The second-order valence-corrected chi connectivity index (χ2v) is 5.82. The Morgan fingerprint density at radius 1 is 0.962 bits per heavy atom. The van der Waals surface area contributed by atoms with Gasteiger partial charge in [0, 0.05) is 44.9 Å². The molecule has 3 heterocycles. The number of nitrogens with one attached hydrogen (secondary N) is 1. The van der Waals surface area contributed by atoms with E-state index in [1.807, 2.05) is 36.2 Å². The van der Waals surface area contributed by atoms with Gasteiger partial charge in [0.2, 0.25) is 0 Å². The number of hydrogen-bond donors (Lipinski definition) is 1. The van der Waals surface area contributed by atoms with E-state index in [0.717, 1.165) is 24.3 Å². The first-order chi connectivity index (χ1) is 12.7. The van der Waals surface area contributed by atoms with Crippen LogP contribution in [-0.2, 0) is 13.0 Å². The van der Waals surface area contributed by atoms with Crippen LogP contribution in [0.5, 0.6) is 0 Å². The van der Waals surface area contributed by atoms with Crippen molar-refractivity contribution in [3.05, 3.63) is 78.3 Å². The van der Waals surface area contributed by atoms with E-state index >= 15 is 0 Å². The predicted octanol–water partition coefficient (Wildman–Crippen LogP) is 1.88. The van der Waals surface area contributed by atoms with E-state index in [2.05, 4.69) is 25.3 Å². The van der Waals surface area contributed by atoms with Gasteiger partial charge in [0.25, 0.3) is 5.91 Å². The molecule has 0 fully saturated rings. The minimum absolute atomic E-state index is 0.250. The molecule has 3 aromatic rings. The maximum Gasteiger partial charge on any atom is 0.271 e. The Morgan fingerprint density at radius 2 is 1.62 bits per heavy atom.